The Morgan fingerprint density at radius 3 is 2.86 bits per heavy atom. The van der Waals surface area contributed by atoms with Crippen LogP contribution in [0.4, 0.5) is 0 Å². The summed E-state index contributed by atoms with van der Waals surface area (Å²) in [4.78, 5) is 22.4. The molecule has 0 spiro atoms. The summed E-state index contributed by atoms with van der Waals surface area (Å²) >= 11 is 0. The quantitative estimate of drug-likeness (QED) is 0.690. The molecule has 0 saturated carbocycles. The van der Waals surface area contributed by atoms with Gasteiger partial charge in [0.2, 0.25) is 0 Å². The highest BCUT2D eigenvalue weighted by Crippen LogP contribution is 2.20. The van der Waals surface area contributed by atoms with E-state index in [1.165, 1.54) is 4.57 Å². The first-order valence-corrected chi connectivity index (χ1v) is 6.46. The van der Waals surface area contributed by atoms with E-state index in [4.69, 9.17) is 9.15 Å². The Bertz CT molecular complexity index is 860. The van der Waals surface area contributed by atoms with Gasteiger partial charge >= 0.3 is 5.76 Å². The molecular weight excluding hydrogens is 270 g/mol. The van der Waals surface area contributed by atoms with Crippen molar-refractivity contribution >= 4 is 17.6 Å². The van der Waals surface area contributed by atoms with Crippen LogP contribution in [-0.2, 0) is 11.3 Å². The molecule has 0 aliphatic carbocycles. The molecule has 1 heterocycles. The summed E-state index contributed by atoms with van der Waals surface area (Å²) in [5.41, 5.74) is 3.19. The SMILES string of the molecule is Cc1cccc(Cn2c(=O)oc3ccc(OC=O)cc32)c1. The number of hydrogen-bond donors (Lipinski definition) is 0. The Morgan fingerprint density at radius 1 is 1.24 bits per heavy atom. The van der Waals surface area contributed by atoms with Crippen molar-refractivity contribution in [3.63, 3.8) is 0 Å². The van der Waals surface area contributed by atoms with Crippen LogP contribution in [0, 0.1) is 6.92 Å². The van der Waals surface area contributed by atoms with Crippen LogP contribution in [0.15, 0.2) is 51.7 Å². The molecule has 3 rings (SSSR count). The summed E-state index contributed by atoms with van der Waals surface area (Å²) < 4.78 is 11.5. The molecular formula is C16H13NO4. The van der Waals surface area contributed by atoms with Gasteiger partial charge in [0.05, 0.1) is 12.1 Å². The van der Waals surface area contributed by atoms with Gasteiger partial charge in [0.25, 0.3) is 6.47 Å². The van der Waals surface area contributed by atoms with Gasteiger partial charge in [-0.1, -0.05) is 29.8 Å². The zero-order valence-electron chi connectivity index (χ0n) is 11.4. The molecule has 0 fully saturated rings. The molecule has 0 aliphatic heterocycles. The van der Waals surface area contributed by atoms with E-state index in [1.807, 2.05) is 31.2 Å². The summed E-state index contributed by atoms with van der Waals surface area (Å²) in [6.07, 6.45) is 0. The van der Waals surface area contributed by atoms with Crippen molar-refractivity contribution in [1.29, 1.82) is 0 Å². The molecule has 0 N–H and O–H groups in total. The van der Waals surface area contributed by atoms with Crippen LogP contribution in [0.25, 0.3) is 11.1 Å². The van der Waals surface area contributed by atoms with E-state index in [9.17, 15) is 9.59 Å². The molecule has 0 unspecified atom stereocenters. The monoisotopic (exact) mass is 283 g/mol. The van der Waals surface area contributed by atoms with Gasteiger partial charge in [-0.25, -0.2) is 4.79 Å². The molecule has 106 valence electrons. The van der Waals surface area contributed by atoms with Gasteiger partial charge in [0.15, 0.2) is 5.58 Å². The second kappa shape index (κ2) is 5.28. The minimum atomic E-state index is -0.435. The number of carbonyl (C=O) groups is 1. The highest BCUT2D eigenvalue weighted by molar-refractivity contribution is 5.75. The number of rotatable bonds is 4. The van der Waals surface area contributed by atoms with E-state index in [1.54, 1.807) is 18.2 Å². The molecule has 1 aromatic heterocycles. The highest BCUT2D eigenvalue weighted by atomic mass is 16.5. The van der Waals surface area contributed by atoms with E-state index in [0.29, 0.717) is 29.9 Å². The molecule has 0 bridgehead atoms. The summed E-state index contributed by atoms with van der Waals surface area (Å²) in [6, 6.07) is 12.7. The Kier molecular flexibility index (Phi) is 3.31. The number of nitrogens with zero attached hydrogens (tertiary/aromatic N) is 1. The lowest BCUT2D eigenvalue weighted by Gasteiger charge is -2.04. The molecule has 0 aliphatic rings. The second-order valence-corrected chi connectivity index (χ2v) is 4.79. The highest BCUT2D eigenvalue weighted by Gasteiger charge is 2.11. The molecule has 3 aromatic rings. The molecule has 0 saturated heterocycles. The molecule has 2 aromatic carbocycles. The van der Waals surface area contributed by atoms with Crippen LogP contribution in [-0.4, -0.2) is 11.0 Å². The topological polar surface area (TPSA) is 61.4 Å². The first-order chi connectivity index (χ1) is 10.2. The van der Waals surface area contributed by atoms with Crippen LogP contribution < -0.4 is 10.5 Å². The van der Waals surface area contributed by atoms with Gasteiger partial charge in [-0.3, -0.25) is 9.36 Å². The number of fused-ring (bicyclic) bond motifs is 1. The number of carbonyl (C=O) groups excluding carboxylic acids is 1. The van der Waals surface area contributed by atoms with E-state index in [-0.39, 0.29) is 0 Å². The molecule has 0 atom stereocenters. The first-order valence-electron chi connectivity index (χ1n) is 6.46. The third kappa shape index (κ3) is 2.58. The fourth-order valence-corrected chi connectivity index (χ4v) is 2.31. The number of aromatic nitrogens is 1. The number of ether oxygens (including phenoxy) is 1. The number of aryl methyl sites for hydroxylation is 1. The molecule has 21 heavy (non-hydrogen) atoms. The summed E-state index contributed by atoms with van der Waals surface area (Å²) in [5.74, 6) is -0.0638. The van der Waals surface area contributed by atoms with Crippen molar-refractivity contribution in [2.45, 2.75) is 13.5 Å². The van der Waals surface area contributed by atoms with Crippen molar-refractivity contribution < 1.29 is 13.9 Å². The Labute approximate surface area is 120 Å². The summed E-state index contributed by atoms with van der Waals surface area (Å²) in [6.45, 7) is 2.75. The normalized spacial score (nSPS) is 10.7. The third-order valence-electron chi connectivity index (χ3n) is 3.25. The van der Waals surface area contributed by atoms with Gasteiger partial charge < -0.3 is 9.15 Å². The minimum Gasteiger partial charge on any atom is -0.429 e. The average molecular weight is 283 g/mol. The first kappa shape index (κ1) is 13.2. The lowest BCUT2D eigenvalue weighted by molar-refractivity contribution is -0.120. The average Bonchev–Trinajstić information content (AvgIpc) is 2.76. The van der Waals surface area contributed by atoms with E-state index >= 15 is 0 Å². The van der Waals surface area contributed by atoms with Crippen molar-refractivity contribution in [3.05, 3.63) is 64.1 Å². The maximum absolute atomic E-state index is 12.0. The minimum absolute atomic E-state index is 0.351. The third-order valence-corrected chi connectivity index (χ3v) is 3.25. The second-order valence-electron chi connectivity index (χ2n) is 4.79. The molecule has 5 heteroatoms. The van der Waals surface area contributed by atoms with Crippen LogP contribution in [0.2, 0.25) is 0 Å². The van der Waals surface area contributed by atoms with Crippen LogP contribution >= 0.6 is 0 Å². The lowest BCUT2D eigenvalue weighted by Crippen LogP contribution is -2.14. The van der Waals surface area contributed by atoms with E-state index < -0.39 is 5.76 Å². The van der Waals surface area contributed by atoms with E-state index in [2.05, 4.69) is 0 Å². The molecule has 5 nitrogen and oxygen atoms in total. The number of hydrogen-bond acceptors (Lipinski definition) is 4. The maximum Gasteiger partial charge on any atom is 0.420 e. The lowest BCUT2D eigenvalue weighted by atomic mass is 10.1. The van der Waals surface area contributed by atoms with Crippen molar-refractivity contribution in [2.24, 2.45) is 0 Å². The van der Waals surface area contributed by atoms with Crippen molar-refractivity contribution in [2.75, 3.05) is 0 Å². The summed E-state index contributed by atoms with van der Waals surface area (Å²) in [5, 5.41) is 0. The van der Waals surface area contributed by atoms with Gasteiger partial charge in [-0.05, 0) is 24.6 Å². The largest absolute Gasteiger partial charge is 0.429 e. The van der Waals surface area contributed by atoms with Gasteiger partial charge in [0.1, 0.15) is 5.75 Å². The predicted molar refractivity (Wildman–Crippen MR) is 77.4 cm³/mol. The number of oxazole rings is 1. The van der Waals surface area contributed by atoms with Gasteiger partial charge in [0, 0.05) is 6.07 Å². The zero-order valence-corrected chi connectivity index (χ0v) is 11.4. The summed E-state index contributed by atoms with van der Waals surface area (Å²) in [7, 11) is 0. The maximum atomic E-state index is 12.0. The molecule has 0 amide bonds. The standard InChI is InChI=1S/C16H13NO4/c1-11-3-2-4-12(7-11)9-17-14-8-13(20-10-18)5-6-15(14)21-16(17)19/h2-8,10H,9H2,1H3. The van der Waals surface area contributed by atoms with Crippen molar-refractivity contribution in [1.82, 2.24) is 4.57 Å². The Hall–Kier alpha value is -2.82. The van der Waals surface area contributed by atoms with Crippen LogP contribution in [0.3, 0.4) is 0 Å². The molecule has 0 radical (unpaired) electrons. The predicted octanol–water partition coefficient (Wildman–Crippen LogP) is 2.49. The van der Waals surface area contributed by atoms with Crippen LogP contribution in [0.1, 0.15) is 11.1 Å². The fourth-order valence-electron chi connectivity index (χ4n) is 2.31. The van der Waals surface area contributed by atoms with Crippen LogP contribution in [0.5, 0.6) is 5.75 Å². The Balaban J connectivity index is 2.08. The van der Waals surface area contributed by atoms with E-state index in [0.717, 1.165) is 11.1 Å². The Morgan fingerprint density at radius 2 is 2.10 bits per heavy atom. The van der Waals surface area contributed by atoms with Gasteiger partial charge in [-0.2, -0.15) is 0 Å². The smallest absolute Gasteiger partial charge is 0.420 e. The zero-order chi connectivity index (χ0) is 14.8. The number of benzene rings is 2. The fraction of sp³-hybridized carbons (Fsp3) is 0.125. The van der Waals surface area contributed by atoms with Gasteiger partial charge in [-0.15, -0.1) is 0 Å². The van der Waals surface area contributed by atoms with Crippen molar-refractivity contribution in [3.8, 4) is 5.75 Å².